The van der Waals surface area contributed by atoms with Gasteiger partial charge in [-0.1, -0.05) is 12.7 Å². The van der Waals surface area contributed by atoms with Crippen molar-refractivity contribution >= 4 is 18.0 Å². The monoisotopic (exact) mass is 164 g/mol. The molecule has 1 heterocycles. The fourth-order valence-electron chi connectivity index (χ4n) is 0.710. The van der Waals surface area contributed by atoms with Crippen LogP contribution in [0.2, 0.25) is 0 Å². The largest absolute Gasteiger partial charge is 0.465 e. The molecule has 0 aliphatic rings. The second-order valence-corrected chi connectivity index (χ2v) is 2.11. The maximum atomic E-state index is 10.2. The van der Waals surface area contributed by atoms with E-state index in [0.29, 0.717) is 5.82 Å². The highest BCUT2D eigenvalue weighted by atomic mass is 16.4. The van der Waals surface area contributed by atoms with Crippen molar-refractivity contribution in [2.24, 2.45) is 0 Å². The van der Waals surface area contributed by atoms with E-state index in [0.717, 1.165) is 5.56 Å². The van der Waals surface area contributed by atoms with E-state index in [4.69, 9.17) is 5.11 Å². The zero-order valence-electron chi connectivity index (χ0n) is 6.32. The average Bonchev–Trinajstić information content (AvgIpc) is 2.05. The fourth-order valence-corrected chi connectivity index (χ4v) is 0.710. The second kappa shape index (κ2) is 3.52. The number of hydrogen-bond acceptors (Lipinski definition) is 2. The zero-order chi connectivity index (χ0) is 8.97. The van der Waals surface area contributed by atoms with Crippen molar-refractivity contribution in [2.45, 2.75) is 0 Å². The van der Waals surface area contributed by atoms with Gasteiger partial charge in [-0.05, 0) is 17.7 Å². The van der Waals surface area contributed by atoms with Crippen LogP contribution in [0.25, 0.3) is 6.08 Å². The Morgan fingerprint density at radius 1 is 1.67 bits per heavy atom. The van der Waals surface area contributed by atoms with E-state index in [1.54, 1.807) is 18.2 Å². The minimum Gasteiger partial charge on any atom is -0.465 e. The Hall–Kier alpha value is -1.84. The van der Waals surface area contributed by atoms with Gasteiger partial charge in [-0.15, -0.1) is 0 Å². The van der Waals surface area contributed by atoms with Gasteiger partial charge in [0.1, 0.15) is 5.82 Å². The molecule has 0 bridgehead atoms. The molecule has 62 valence electrons. The maximum absolute atomic E-state index is 10.2. The Balaban J connectivity index is 2.77. The Morgan fingerprint density at radius 2 is 2.42 bits per heavy atom. The highest BCUT2D eigenvalue weighted by Crippen LogP contribution is 2.05. The summed E-state index contributed by atoms with van der Waals surface area (Å²) in [5.74, 6) is 0.313. The molecule has 2 N–H and O–H groups in total. The number of pyridine rings is 1. The number of nitrogens with zero attached hydrogens (tertiary/aromatic N) is 1. The van der Waals surface area contributed by atoms with E-state index in [1.807, 2.05) is 0 Å². The van der Waals surface area contributed by atoms with Crippen LogP contribution in [0.3, 0.4) is 0 Å². The van der Waals surface area contributed by atoms with Crippen molar-refractivity contribution in [3.05, 3.63) is 30.5 Å². The summed E-state index contributed by atoms with van der Waals surface area (Å²) in [5, 5.41) is 10.4. The molecule has 0 saturated heterocycles. The zero-order valence-corrected chi connectivity index (χ0v) is 6.32. The molecule has 4 nitrogen and oxygen atoms in total. The topological polar surface area (TPSA) is 62.2 Å². The summed E-state index contributed by atoms with van der Waals surface area (Å²) in [4.78, 5) is 14.0. The Labute approximate surface area is 69.6 Å². The number of anilines is 1. The molecule has 4 heteroatoms. The van der Waals surface area contributed by atoms with Crippen LogP contribution in [0.4, 0.5) is 10.6 Å². The van der Waals surface area contributed by atoms with Crippen LogP contribution in [0, 0.1) is 0 Å². The van der Waals surface area contributed by atoms with Crippen LogP contribution in [0.15, 0.2) is 24.9 Å². The first kappa shape index (κ1) is 8.26. The first-order chi connectivity index (χ1) is 5.72. The molecule has 0 aliphatic carbocycles. The summed E-state index contributed by atoms with van der Waals surface area (Å²) in [6.45, 7) is 3.54. The van der Waals surface area contributed by atoms with Crippen molar-refractivity contribution in [2.75, 3.05) is 5.32 Å². The van der Waals surface area contributed by atoms with E-state index in [1.165, 1.54) is 6.20 Å². The number of amides is 1. The third-order valence-corrected chi connectivity index (χ3v) is 1.26. The van der Waals surface area contributed by atoms with Crippen LogP contribution >= 0.6 is 0 Å². The number of rotatable bonds is 2. The van der Waals surface area contributed by atoms with Crippen molar-refractivity contribution in [3.8, 4) is 0 Å². The van der Waals surface area contributed by atoms with Crippen LogP contribution in [0.5, 0.6) is 0 Å². The molecule has 0 fully saturated rings. The van der Waals surface area contributed by atoms with Crippen molar-refractivity contribution in [1.29, 1.82) is 0 Å². The molecular formula is C8H8N2O2. The molecular weight excluding hydrogens is 156 g/mol. The Morgan fingerprint density at radius 3 is 2.83 bits per heavy atom. The van der Waals surface area contributed by atoms with Crippen LogP contribution in [-0.2, 0) is 0 Å². The highest BCUT2D eigenvalue weighted by molar-refractivity contribution is 5.81. The first-order valence-electron chi connectivity index (χ1n) is 3.31. The molecule has 0 radical (unpaired) electrons. The molecule has 0 spiro atoms. The summed E-state index contributed by atoms with van der Waals surface area (Å²) in [7, 11) is 0. The highest BCUT2D eigenvalue weighted by Gasteiger charge is 1.96. The van der Waals surface area contributed by atoms with Gasteiger partial charge in [0, 0.05) is 6.20 Å². The van der Waals surface area contributed by atoms with E-state index in [9.17, 15) is 4.79 Å². The smallest absolute Gasteiger partial charge is 0.410 e. The lowest BCUT2D eigenvalue weighted by Crippen LogP contribution is -2.08. The van der Waals surface area contributed by atoms with Gasteiger partial charge in [0.15, 0.2) is 0 Å². The number of hydrogen-bond donors (Lipinski definition) is 2. The molecule has 1 aromatic rings. The van der Waals surface area contributed by atoms with Crippen molar-refractivity contribution < 1.29 is 9.90 Å². The molecule has 0 aromatic carbocycles. The number of carboxylic acid groups (broad SMARTS) is 1. The standard InChI is InChI=1S/C8H8N2O2/c1-2-6-3-4-7(9-5-6)10-8(11)12/h2-5H,1H2,(H,9,10)(H,11,12). The average molecular weight is 164 g/mol. The van der Waals surface area contributed by atoms with Gasteiger partial charge < -0.3 is 5.11 Å². The molecule has 1 aromatic heterocycles. The van der Waals surface area contributed by atoms with Crippen LogP contribution < -0.4 is 5.32 Å². The summed E-state index contributed by atoms with van der Waals surface area (Å²) >= 11 is 0. The first-order valence-corrected chi connectivity index (χ1v) is 3.31. The van der Waals surface area contributed by atoms with Crippen molar-refractivity contribution in [1.82, 2.24) is 4.98 Å². The third kappa shape index (κ3) is 2.09. The van der Waals surface area contributed by atoms with Gasteiger partial charge in [-0.25, -0.2) is 9.78 Å². The van der Waals surface area contributed by atoms with Gasteiger partial charge in [-0.2, -0.15) is 0 Å². The predicted octanol–water partition coefficient (Wildman–Crippen LogP) is 1.81. The lowest BCUT2D eigenvalue weighted by atomic mass is 10.3. The van der Waals surface area contributed by atoms with E-state index in [-0.39, 0.29) is 0 Å². The van der Waals surface area contributed by atoms with Gasteiger partial charge >= 0.3 is 6.09 Å². The summed E-state index contributed by atoms with van der Waals surface area (Å²) in [6, 6.07) is 3.30. The fraction of sp³-hybridized carbons (Fsp3) is 0. The molecule has 1 amide bonds. The summed E-state index contributed by atoms with van der Waals surface area (Å²) in [6.07, 6.45) is 2.06. The van der Waals surface area contributed by atoms with Crippen LogP contribution in [0.1, 0.15) is 5.56 Å². The summed E-state index contributed by atoms with van der Waals surface area (Å²) in [5.41, 5.74) is 0.853. The van der Waals surface area contributed by atoms with E-state index < -0.39 is 6.09 Å². The van der Waals surface area contributed by atoms with Crippen LogP contribution in [-0.4, -0.2) is 16.2 Å². The van der Waals surface area contributed by atoms with Gasteiger partial charge in [0.2, 0.25) is 0 Å². The quantitative estimate of drug-likeness (QED) is 0.700. The van der Waals surface area contributed by atoms with Crippen molar-refractivity contribution in [3.63, 3.8) is 0 Å². The van der Waals surface area contributed by atoms with E-state index >= 15 is 0 Å². The Kier molecular flexibility index (Phi) is 2.42. The number of nitrogens with one attached hydrogen (secondary N) is 1. The SMILES string of the molecule is C=Cc1ccc(NC(=O)O)nc1. The van der Waals surface area contributed by atoms with Gasteiger partial charge in [0.25, 0.3) is 0 Å². The molecule has 0 unspecified atom stereocenters. The second-order valence-electron chi connectivity index (χ2n) is 2.11. The van der Waals surface area contributed by atoms with Gasteiger partial charge in [0.05, 0.1) is 0 Å². The third-order valence-electron chi connectivity index (χ3n) is 1.26. The number of carbonyl (C=O) groups is 1. The lowest BCUT2D eigenvalue weighted by Gasteiger charge is -1.98. The molecule has 0 saturated carbocycles. The van der Waals surface area contributed by atoms with E-state index in [2.05, 4.69) is 16.9 Å². The number of aromatic nitrogens is 1. The molecule has 0 aliphatic heterocycles. The minimum absolute atomic E-state index is 0.313. The molecule has 0 atom stereocenters. The predicted molar refractivity (Wildman–Crippen MR) is 46.0 cm³/mol. The summed E-state index contributed by atoms with van der Waals surface area (Å²) < 4.78 is 0. The molecule has 1 rings (SSSR count). The normalized spacial score (nSPS) is 9.00. The maximum Gasteiger partial charge on any atom is 0.410 e. The Bertz CT molecular complexity index is 292. The minimum atomic E-state index is -1.12. The molecule has 12 heavy (non-hydrogen) atoms. The lowest BCUT2D eigenvalue weighted by molar-refractivity contribution is 0.209. The van der Waals surface area contributed by atoms with Gasteiger partial charge in [-0.3, -0.25) is 5.32 Å².